The average Bonchev–Trinajstić information content (AvgIpc) is 2.56. The summed E-state index contributed by atoms with van der Waals surface area (Å²) < 4.78 is 6.95. The van der Waals surface area contributed by atoms with Gasteiger partial charge in [-0.2, -0.15) is 0 Å². The van der Waals surface area contributed by atoms with Gasteiger partial charge in [-0.05, 0) is 26.0 Å². The van der Waals surface area contributed by atoms with Gasteiger partial charge in [-0.1, -0.05) is 48.5 Å². The highest BCUT2D eigenvalue weighted by Gasteiger charge is 2.23. The molecule has 0 aliphatic carbocycles. The van der Waals surface area contributed by atoms with E-state index in [1.165, 1.54) is 5.56 Å². The first-order valence-electron chi connectivity index (χ1n) is 7.85. The van der Waals surface area contributed by atoms with E-state index in [-0.39, 0.29) is 17.0 Å². The molecule has 2 nitrogen and oxygen atoms in total. The van der Waals surface area contributed by atoms with E-state index in [1.54, 1.807) is 0 Å². The minimum Gasteiger partial charge on any atom is -1.00 e. The molecule has 0 heterocycles. The van der Waals surface area contributed by atoms with Gasteiger partial charge in [-0.15, -0.1) is 0 Å². The molecule has 0 amide bonds. The van der Waals surface area contributed by atoms with Crippen LogP contribution in [0.25, 0.3) is 0 Å². The van der Waals surface area contributed by atoms with E-state index in [0.29, 0.717) is 0 Å². The van der Waals surface area contributed by atoms with Gasteiger partial charge in [0.05, 0.1) is 13.1 Å². The molecule has 0 unspecified atom stereocenters. The van der Waals surface area contributed by atoms with Gasteiger partial charge in [0, 0.05) is 5.56 Å². The number of para-hydroxylation sites is 1. The van der Waals surface area contributed by atoms with Gasteiger partial charge in [0.25, 0.3) is 0 Å². The Hall–Kier alpha value is -1.32. The van der Waals surface area contributed by atoms with Crippen LogP contribution in [0.2, 0.25) is 0 Å². The highest BCUT2D eigenvalue weighted by Crippen LogP contribution is 2.15. The van der Waals surface area contributed by atoms with Gasteiger partial charge < -0.3 is 26.2 Å². The maximum absolute atomic E-state index is 5.89. The Balaban J connectivity index is 0.00000242. The third-order valence-corrected chi connectivity index (χ3v) is 4.28. The highest BCUT2D eigenvalue weighted by molar-refractivity contribution is 5.20. The van der Waals surface area contributed by atoms with E-state index in [4.69, 9.17) is 4.74 Å². The second-order valence-corrected chi connectivity index (χ2v) is 5.50. The molecule has 2 aromatic carbocycles. The van der Waals surface area contributed by atoms with Crippen LogP contribution in [-0.2, 0) is 6.54 Å². The fourth-order valence-electron chi connectivity index (χ4n) is 2.69. The number of ether oxygens (including phenoxy) is 1. The number of rotatable bonds is 8. The molecule has 22 heavy (non-hydrogen) atoms. The first-order chi connectivity index (χ1) is 10.3. The molecular weight excluding hydrogens is 338 g/mol. The summed E-state index contributed by atoms with van der Waals surface area (Å²) >= 11 is 0. The van der Waals surface area contributed by atoms with Gasteiger partial charge >= 0.3 is 0 Å². The van der Waals surface area contributed by atoms with Gasteiger partial charge in [-0.25, -0.2) is 0 Å². The first kappa shape index (κ1) is 18.7. The highest BCUT2D eigenvalue weighted by atomic mass is 79.9. The molecule has 3 heteroatoms. The van der Waals surface area contributed by atoms with Crippen molar-refractivity contribution in [3.63, 3.8) is 0 Å². The van der Waals surface area contributed by atoms with Crippen molar-refractivity contribution in [2.75, 3.05) is 26.2 Å². The van der Waals surface area contributed by atoms with Crippen LogP contribution < -0.4 is 21.7 Å². The molecule has 2 aromatic rings. The minimum atomic E-state index is 0. The van der Waals surface area contributed by atoms with E-state index in [1.807, 2.05) is 30.3 Å². The zero-order chi connectivity index (χ0) is 15.0. The summed E-state index contributed by atoms with van der Waals surface area (Å²) in [7, 11) is 0. The van der Waals surface area contributed by atoms with E-state index >= 15 is 0 Å². The lowest BCUT2D eigenvalue weighted by atomic mass is 10.2. The topological polar surface area (TPSA) is 9.23 Å². The summed E-state index contributed by atoms with van der Waals surface area (Å²) in [6, 6.07) is 20.8. The Morgan fingerprint density at radius 3 is 1.91 bits per heavy atom. The van der Waals surface area contributed by atoms with Crippen molar-refractivity contribution in [2.24, 2.45) is 0 Å². The second-order valence-electron chi connectivity index (χ2n) is 5.50. The molecule has 0 fully saturated rings. The molecule has 0 aliphatic rings. The van der Waals surface area contributed by atoms with Gasteiger partial charge in [-0.3, -0.25) is 0 Å². The monoisotopic (exact) mass is 363 g/mol. The number of hydrogen-bond donors (Lipinski definition) is 0. The molecule has 0 spiro atoms. The van der Waals surface area contributed by atoms with Crippen molar-refractivity contribution in [3.8, 4) is 5.75 Å². The smallest absolute Gasteiger partial charge is 0.137 e. The maximum atomic E-state index is 5.89. The lowest BCUT2D eigenvalue weighted by Crippen LogP contribution is -3.00. The van der Waals surface area contributed by atoms with Gasteiger partial charge in [0.1, 0.15) is 25.4 Å². The van der Waals surface area contributed by atoms with Crippen molar-refractivity contribution in [1.29, 1.82) is 0 Å². The third-order valence-electron chi connectivity index (χ3n) is 4.28. The van der Waals surface area contributed by atoms with Crippen LogP contribution >= 0.6 is 0 Å². The number of benzene rings is 2. The molecule has 0 radical (unpaired) electrons. The van der Waals surface area contributed by atoms with Crippen molar-refractivity contribution >= 4 is 0 Å². The van der Waals surface area contributed by atoms with Crippen LogP contribution in [0.4, 0.5) is 0 Å². The predicted molar refractivity (Wildman–Crippen MR) is 88.3 cm³/mol. The van der Waals surface area contributed by atoms with Gasteiger partial charge in [0.2, 0.25) is 0 Å². The van der Waals surface area contributed by atoms with Crippen LogP contribution in [0.1, 0.15) is 19.4 Å². The van der Waals surface area contributed by atoms with Crippen molar-refractivity contribution in [1.82, 2.24) is 0 Å². The van der Waals surface area contributed by atoms with Crippen LogP contribution in [0.3, 0.4) is 0 Å². The number of quaternary nitrogens is 1. The van der Waals surface area contributed by atoms with Crippen LogP contribution in [0, 0.1) is 0 Å². The standard InChI is InChI=1S/C19H26NO.BrH/c1-3-20(4-2,17-18-11-7-5-8-12-18)15-16-21-19-13-9-6-10-14-19;/h5-14H,3-4,15-17H2,1-2H3;1H/q+1;/p-1. The Bertz CT molecular complexity index is 511. The van der Waals surface area contributed by atoms with Crippen LogP contribution in [0.5, 0.6) is 5.75 Å². The fraction of sp³-hybridized carbons (Fsp3) is 0.368. The van der Waals surface area contributed by atoms with Crippen molar-refractivity contribution in [2.45, 2.75) is 20.4 Å². The number of hydrogen-bond acceptors (Lipinski definition) is 1. The number of halogens is 1. The number of nitrogens with zero attached hydrogens (tertiary/aromatic N) is 1. The molecular formula is C19H26BrNO. The normalized spacial score (nSPS) is 10.8. The van der Waals surface area contributed by atoms with Crippen LogP contribution in [0.15, 0.2) is 60.7 Å². The molecule has 2 rings (SSSR count). The Kier molecular flexibility index (Phi) is 8.21. The molecule has 0 saturated heterocycles. The fourth-order valence-corrected chi connectivity index (χ4v) is 2.69. The van der Waals surface area contributed by atoms with Crippen molar-refractivity contribution < 1.29 is 26.2 Å². The molecule has 0 aromatic heterocycles. The van der Waals surface area contributed by atoms with Crippen molar-refractivity contribution in [3.05, 3.63) is 66.2 Å². The summed E-state index contributed by atoms with van der Waals surface area (Å²) in [5, 5.41) is 0. The second kappa shape index (κ2) is 9.65. The van der Waals surface area contributed by atoms with Gasteiger partial charge in [0.15, 0.2) is 0 Å². The SMILES string of the molecule is CC[N+](CC)(CCOc1ccccc1)Cc1ccccc1.[Br-]. The maximum Gasteiger partial charge on any atom is 0.137 e. The Labute approximate surface area is 145 Å². The average molecular weight is 364 g/mol. The molecule has 0 saturated carbocycles. The molecule has 0 N–H and O–H groups in total. The molecule has 120 valence electrons. The van der Waals surface area contributed by atoms with E-state index in [0.717, 1.165) is 43.0 Å². The summed E-state index contributed by atoms with van der Waals surface area (Å²) in [6.45, 7) is 9.68. The first-order valence-corrected chi connectivity index (χ1v) is 7.85. The predicted octanol–water partition coefficient (Wildman–Crippen LogP) is 1.13. The zero-order valence-electron chi connectivity index (χ0n) is 13.5. The summed E-state index contributed by atoms with van der Waals surface area (Å²) in [6.07, 6.45) is 0. The largest absolute Gasteiger partial charge is 1.00 e. The molecule has 0 atom stereocenters. The molecule has 0 bridgehead atoms. The number of likely N-dealkylation sites (N-methyl/N-ethyl adjacent to an activating group) is 1. The quantitative estimate of drug-likeness (QED) is 0.638. The molecule has 0 aliphatic heterocycles. The van der Waals surface area contributed by atoms with E-state index < -0.39 is 0 Å². The summed E-state index contributed by atoms with van der Waals surface area (Å²) in [5.41, 5.74) is 1.40. The Morgan fingerprint density at radius 1 is 0.818 bits per heavy atom. The zero-order valence-corrected chi connectivity index (χ0v) is 15.1. The Morgan fingerprint density at radius 2 is 1.36 bits per heavy atom. The lowest BCUT2D eigenvalue weighted by Gasteiger charge is -2.36. The summed E-state index contributed by atoms with van der Waals surface area (Å²) in [5.74, 6) is 0.961. The lowest BCUT2D eigenvalue weighted by molar-refractivity contribution is -0.937. The third kappa shape index (κ3) is 5.47. The van der Waals surface area contributed by atoms with Crippen LogP contribution in [-0.4, -0.2) is 30.7 Å². The minimum absolute atomic E-state index is 0. The van der Waals surface area contributed by atoms with E-state index in [2.05, 4.69) is 44.2 Å². The summed E-state index contributed by atoms with van der Waals surface area (Å²) in [4.78, 5) is 0. The van der Waals surface area contributed by atoms with E-state index in [9.17, 15) is 0 Å².